The van der Waals surface area contributed by atoms with Gasteiger partial charge in [-0.2, -0.15) is 0 Å². The molecule has 212 valence electrons. The topological polar surface area (TPSA) is 61.8 Å². The van der Waals surface area contributed by atoms with E-state index in [0.717, 1.165) is 68.2 Å². The first kappa shape index (κ1) is 30.7. The second-order valence-corrected chi connectivity index (χ2v) is 10.0. The maximum Gasteiger partial charge on any atom is 0.337 e. The second-order valence-electron chi connectivity index (χ2n) is 10.0. The van der Waals surface area contributed by atoms with Crippen molar-refractivity contribution in [3.8, 4) is 5.75 Å². The highest BCUT2D eigenvalue weighted by molar-refractivity contribution is 5.89. The van der Waals surface area contributed by atoms with E-state index in [2.05, 4.69) is 48.6 Å². The highest BCUT2D eigenvalue weighted by Gasteiger charge is 2.11. The monoisotopic (exact) mass is 542 g/mol. The molecule has 0 amide bonds. The van der Waals surface area contributed by atoms with Gasteiger partial charge in [-0.25, -0.2) is 4.79 Å². The third-order valence-electron chi connectivity index (χ3n) is 6.96. The van der Waals surface area contributed by atoms with Crippen LogP contribution < -0.4 is 4.74 Å². The van der Waals surface area contributed by atoms with Gasteiger partial charge >= 0.3 is 11.9 Å². The number of methoxy groups -OCH3 is 2. The summed E-state index contributed by atoms with van der Waals surface area (Å²) in [7, 11) is 2.82. The van der Waals surface area contributed by atoms with Gasteiger partial charge in [0.15, 0.2) is 0 Å². The largest absolute Gasteiger partial charge is 0.493 e. The Morgan fingerprint density at radius 3 is 2.35 bits per heavy atom. The molecule has 1 atom stereocenters. The number of carbonyl (C=O) groups is 2. The van der Waals surface area contributed by atoms with Gasteiger partial charge < -0.3 is 14.2 Å². The zero-order valence-corrected chi connectivity index (χ0v) is 23.8. The molecule has 3 rings (SSSR count). The van der Waals surface area contributed by atoms with Crippen LogP contribution in [0.1, 0.15) is 72.0 Å². The quantitative estimate of drug-likeness (QED) is 0.128. The van der Waals surface area contributed by atoms with Gasteiger partial charge in [-0.15, -0.1) is 0 Å². The van der Waals surface area contributed by atoms with Crippen molar-refractivity contribution in [3.05, 3.63) is 107 Å². The Kier molecular flexibility index (Phi) is 13.6. The van der Waals surface area contributed by atoms with Gasteiger partial charge in [0, 0.05) is 12.0 Å². The molecule has 0 aliphatic carbocycles. The first-order valence-electron chi connectivity index (χ1n) is 14.3. The molecule has 3 aromatic carbocycles. The number of carbonyl (C=O) groups excluding carboxylic acids is 2. The van der Waals surface area contributed by atoms with Crippen LogP contribution in [0, 0.1) is 5.92 Å². The summed E-state index contributed by atoms with van der Waals surface area (Å²) in [6, 6.07) is 26.3. The number of allylic oxidation sites excluding steroid dienone is 1. The highest BCUT2D eigenvalue weighted by Crippen LogP contribution is 2.24. The standard InChI is InChI=1S/C35H42O5/c1-38-34(36)22-11-8-17-29(26-30-18-13-20-32(27-30)35(37)39-2)23-24-31-19-9-10-21-33(31)40-25-12-4-7-16-28-14-5-3-6-15-28/h3,5-6,9-10,13-15,18-21,23-24,27,29H,4,7-8,11-12,16-17,22,25-26H2,1-2H3. The number of unbranched alkanes of at least 4 members (excludes halogenated alkanes) is 3. The molecule has 5 nitrogen and oxygen atoms in total. The van der Waals surface area contributed by atoms with Gasteiger partial charge in [-0.1, -0.05) is 79.2 Å². The zero-order chi connectivity index (χ0) is 28.4. The Hall–Kier alpha value is -3.86. The number of aryl methyl sites for hydroxylation is 1. The van der Waals surface area contributed by atoms with E-state index in [1.54, 1.807) is 6.07 Å². The van der Waals surface area contributed by atoms with Crippen LogP contribution in [0.4, 0.5) is 0 Å². The second kappa shape index (κ2) is 17.7. The fraction of sp³-hybridized carbons (Fsp3) is 0.371. The minimum Gasteiger partial charge on any atom is -0.493 e. The smallest absolute Gasteiger partial charge is 0.337 e. The van der Waals surface area contributed by atoms with Gasteiger partial charge in [-0.3, -0.25) is 4.79 Å². The molecule has 0 radical (unpaired) electrons. The third-order valence-corrected chi connectivity index (χ3v) is 6.96. The summed E-state index contributed by atoms with van der Waals surface area (Å²) in [5, 5.41) is 0. The van der Waals surface area contributed by atoms with Crippen LogP contribution in [0.2, 0.25) is 0 Å². The summed E-state index contributed by atoms with van der Waals surface area (Å²) >= 11 is 0. The number of hydrogen-bond donors (Lipinski definition) is 0. The van der Waals surface area contributed by atoms with Gasteiger partial charge in [0.25, 0.3) is 0 Å². The first-order chi connectivity index (χ1) is 19.6. The number of esters is 2. The van der Waals surface area contributed by atoms with E-state index >= 15 is 0 Å². The molecule has 3 aromatic rings. The predicted octanol–water partition coefficient (Wildman–Crippen LogP) is 7.87. The summed E-state index contributed by atoms with van der Waals surface area (Å²) in [5.74, 6) is 0.609. The molecular formula is C35H42O5. The fourth-order valence-electron chi connectivity index (χ4n) is 4.71. The number of para-hydroxylation sites is 1. The van der Waals surface area contributed by atoms with E-state index in [1.807, 2.05) is 36.4 Å². The molecule has 0 heterocycles. The van der Waals surface area contributed by atoms with E-state index in [1.165, 1.54) is 19.8 Å². The normalized spacial score (nSPS) is 11.8. The Labute approximate surface area is 239 Å². The summed E-state index contributed by atoms with van der Waals surface area (Å²) in [6.07, 6.45) is 12.6. The molecule has 1 unspecified atom stereocenters. The average molecular weight is 543 g/mol. The molecule has 0 aliphatic rings. The average Bonchev–Trinajstić information content (AvgIpc) is 3.00. The predicted molar refractivity (Wildman–Crippen MR) is 160 cm³/mol. The van der Waals surface area contributed by atoms with Crippen molar-refractivity contribution in [2.75, 3.05) is 20.8 Å². The van der Waals surface area contributed by atoms with Crippen LogP contribution in [0.3, 0.4) is 0 Å². The van der Waals surface area contributed by atoms with Crippen molar-refractivity contribution < 1.29 is 23.8 Å². The lowest BCUT2D eigenvalue weighted by atomic mass is 9.92. The van der Waals surface area contributed by atoms with Gasteiger partial charge in [0.05, 0.1) is 26.4 Å². The van der Waals surface area contributed by atoms with Crippen molar-refractivity contribution in [1.29, 1.82) is 0 Å². The summed E-state index contributed by atoms with van der Waals surface area (Å²) in [5.41, 5.74) is 4.06. The minimum atomic E-state index is -0.335. The lowest BCUT2D eigenvalue weighted by Gasteiger charge is -2.15. The molecule has 0 saturated heterocycles. The van der Waals surface area contributed by atoms with Gasteiger partial charge in [0.2, 0.25) is 0 Å². The zero-order valence-electron chi connectivity index (χ0n) is 23.8. The number of rotatable bonds is 17. The van der Waals surface area contributed by atoms with E-state index in [9.17, 15) is 9.59 Å². The van der Waals surface area contributed by atoms with Crippen molar-refractivity contribution in [3.63, 3.8) is 0 Å². The van der Waals surface area contributed by atoms with E-state index in [-0.39, 0.29) is 17.9 Å². The number of hydrogen-bond acceptors (Lipinski definition) is 5. The summed E-state index contributed by atoms with van der Waals surface area (Å²) in [6.45, 7) is 0.691. The van der Waals surface area contributed by atoms with Crippen molar-refractivity contribution >= 4 is 18.0 Å². The van der Waals surface area contributed by atoms with E-state index < -0.39 is 0 Å². The van der Waals surface area contributed by atoms with Crippen molar-refractivity contribution in [1.82, 2.24) is 0 Å². The van der Waals surface area contributed by atoms with E-state index in [4.69, 9.17) is 14.2 Å². The summed E-state index contributed by atoms with van der Waals surface area (Å²) < 4.78 is 15.8. The molecule has 0 aromatic heterocycles. The van der Waals surface area contributed by atoms with Crippen molar-refractivity contribution in [2.45, 2.75) is 57.8 Å². The molecule has 0 N–H and O–H groups in total. The van der Waals surface area contributed by atoms with Gasteiger partial charge in [0.1, 0.15) is 5.75 Å². The third kappa shape index (κ3) is 11.1. The molecule has 5 heteroatoms. The van der Waals surface area contributed by atoms with Crippen LogP contribution in [-0.4, -0.2) is 32.8 Å². The number of benzene rings is 3. The Morgan fingerprint density at radius 1 is 0.775 bits per heavy atom. The Morgan fingerprint density at radius 2 is 1.55 bits per heavy atom. The molecule has 0 fully saturated rings. The first-order valence-corrected chi connectivity index (χ1v) is 14.3. The highest BCUT2D eigenvalue weighted by atomic mass is 16.5. The molecule has 0 spiro atoms. The minimum absolute atomic E-state index is 0.177. The lowest BCUT2D eigenvalue weighted by Crippen LogP contribution is -2.06. The van der Waals surface area contributed by atoms with Crippen LogP contribution in [0.25, 0.3) is 6.08 Å². The summed E-state index contributed by atoms with van der Waals surface area (Å²) in [4.78, 5) is 23.6. The Bertz CT molecular complexity index is 1200. The fourth-order valence-corrected chi connectivity index (χ4v) is 4.71. The SMILES string of the molecule is COC(=O)CCCCC(C=Cc1ccccc1OCCCCCc1ccccc1)Cc1cccc(C(=O)OC)c1. The van der Waals surface area contributed by atoms with Gasteiger partial charge in [-0.05, 0) is 80.2 Å². The maximum absolute atomic E-state index is 12.0. The lowest BCUT2D eigenvalue weighted by molar-refractivity contribution is -0.140. The van der Waals surface area contributed by atoms with Crippen LogP contribution in [0.15, 0.2) is 84.9 Å². The molecular weight excluding hydrogens is 500 g/mol. The van der Waals surface area contributed by atoms with Crippen LogP contribution in [-0.2, 0) is 27.1 Å². The molecule has 0 saturated carbocycles. The molecule has 0 bridgehead atoms. The number of ether oxygens (including phenoxy) is 3. The maximum atomic E-state index is 12.0. The molecule has 0 aliphatic heterocycles. The van der Waals surface area contributed by atoms with Crippen LogP contribution >= 0.6 is 0 Å². The Balaban J connectivity index is 1.59. The molecule has 40 heavy (non-hydrogen) atoms. The van der Waals surface area contributed by atoms with E-state index in [0.29, 0.717) is 18.6 Å². The van der Waals surface area contributed by atoms with Crippen molar-refractivity contribution in [2.24, 2.45) is 5.92 Å². The van der Waals surface area contributed by atoms with Crippen LogP contribution in [0.5, 0.6) is 5.75 Å².